The molecular formula is C51H32N4O. The quantitative estimate of drug-likeness (QED) is 0.172. The Labute approximate surface area is 322 Å². The highest BCUT2D eigenvalue weighted by Crippen LogP contribution is 2.42. The maximum absolute atomic E-state index is 6.34. The van der Waals surface area contributed by atoms with E-state index in [4.69, 9.17) is 19.4 Å². The number of aromatic nitrogens is 4. The molecule has 0 atom stereocenters. The molecule has 0 N–H and O–H groups in total. The first-order valence-corrected chi connectivity index (χ1v) is 18.8. The van der Waals surface area contributed by atoms with Crippen LogP contribution in [-0.2, 0) is 0 Å². The van der Waals surface area contributed by atoms with Gasteiger partial charge in [-0.15, -0.1) is 0 Å². The van der Waals surface area contributed by atoms with Gasteiger partial charge in [0.2, 0.25) is 0 Å². The topological polar surface area (TPSA) is 56.7 Å². The Morgan fingerprint density at radius 1 is 0.339 bits per heavy atom. The van der Waals surface area contributed by atoms with Gasteiger partial charge in [0, 0.05) is 38.2 Å². The monoisotopic (exact) mass is 716 g/mol. The molecule has 0 saturated heterocycles. The molecule has 0 aliphatic rings. The zero-order valence-electron chi connectivity index (χ0n) is 30.2. The van der Waals surface area contributed by atoms with Crippen molar-refractivity contribution in [3.63, 3.8) is 0 Å². The number of para-hydroxylation sites is 2. The summed E-state index contributed by atoms with van der Waals surface area (Å²) in [5.41, 5.74) is 12.1. The predicted octanol–water partition coefficient (Wildman–Crippen LogP) is 13.2. The summed E-state index contributed by atoms with van der Waals surface area (Å²) in [7, 11) is 0. The van der Waals surface area contributed by atoms with Gasteiger partial charge in [-0.2, -0.15) is 0 Å². The van der Waals surface area contributed by atoms with Crippen molar-refractivity contribution in [2.75, 3.05) is 0 Å². The molecule has 56 heavy (non-hydrogen) atoms. The summed E-state index contributed by atoms with van der Waals surface area (Å²) in [6.07, 6.45) is 0. The molecule has 0 spiro atoms. The second-order valence-electron chi connectivity index (χ2n) is 14.0. The molecule has 11 rings (SSSR count). The highest BCUT2D eigenvalue weighted by Gasteiger charge is 2.22. The minimum atomic E-state index is 0.589. The lowest BCUT2D eigenvalue weighted by Crippen LogP contribution is -2.04. The maximum atomic E-state index is 6.34. The van der Waals surface area contributed by atoms with Gasteiger partial charge in [-0.3, -0.25) is 0 Å². The fourth-order valence-corrected chi connectivity index (χ4v) is 8.06. The van der Waals surface area contributed by atoms with E-state index in [1.165, 1.54) is 21.9 Å². The summed E-state index contributed by atoms with van der Waals surface area (Å²) in [6.45, 7) is 0. The van der Waals surface area contributed by atoms with Gasteiger partial charge in [0.25, 0.3) is 0 Å². The minimum Gasteiger partial charge on any atom is -0.456 e. The highest BCUT2D eigenvalue weighted by molar-refractivity contribution is 6.13. The van der Waals surface area contributed by atoms with Gasteiger partial charge in [-0.1, -0.05) is 152 Å². The Balaban J connectivity index is 1.22. The van der Waals surface area contributed by atoms with Gasteiger partial charge < -0.3 is 8.98 Å². The molecule has 0 fully saturated rings. The molecule has 0 aliphatic carbocycles. The third-order valence-electron chi connectivity index (χ3n) is 10.7. The minimum absolute atomic E-state index is 0.589. The first kappa shape index (κ1) is 31.9. The molecule has 0 saturated carbocycles. The van der Waals surface area contributed by atoms with E-state index in [0.717, 1.165) is 66.5 Å². The number of rotatable bonds is 6. The van der Waals surface area contributed by atoms with E-state index >= 15 is 0 Å². The second kappa shape index (κ2) is 13.0. The third kappa shape index (κ3) is 5.29. The second-order valence-corrected chi connectivity index (χ2v) is 14.0. The summed E-state index contributed by atoms with van der Waals surface area (Å²) in [4.78, 5) is 15.6. The number of benzene rings is 8. The van der Waals surface area contributed by atoms with Crippen LogP contribution in [0.5, 0.6) is 0 Å². The molecular weight excluding hydrogens is 685 g/mol. The van der Waals surface area contributed by atoms with Gasteiger partial charge in [-0.25, -0.2) is 15.0 Å². The average Bonchev–Trinajstić information content (AvgIpc) is 3.83. The Hall–Kier alpha value is -7.63. The normalized spacial score (nSPS) is 11.6. The van der Waals surface area contributed by atoms with Gasteiger partial charge in [0.05, 0.1) is 16.7 Å². The third-order valence-corrected chi connectivity index (χ3v) is 10.7. The zero-order valence-corrected chi connectivity index (χ0v) is 30.2. The van der Waals surface area contributed by atoms with E-state index in [9.17, 15) is 0 Å². The Bertz CT molecular complexity index is 3180. The lowest BCUT2D eigenvalue weighted by Gasteiger charge is -2.17. The summed E-state index contributed by atoms with van der Waals surface area (Å²) in [5.74, 6) is 1.82. The molecule has 0 unspecified atom stereocenters. The molecule has 5 nitrogen and oxygen atoms in total. The first-order valence-electron chi connectivity index (χ1n) is 18.8. The zero-order chi connectivity index (χ0) is 37.0. The number of hydrogen-bond acceptors (Lipinski definition) is 4. The molecule has 0 aliphatic heterocycles. The maximum Gasteiger partial charge on any atom is 0.166 e. The van der Waals surface area contributed by atoms with Crippen LogP contribution in [0.15, 0.2) is 199 Å². The van der Waals surface area contributed by atoms with Crippen molar-refractivity contribution in [3.8, 4) is 62.1 Å². The summed E-state index contributed by atoms with van der Waals surface area (Å²) < 4.78 is 8.70. The SMILES string of the molecule is c1ccc(-c2ccc3c(c2)c2ccccc2n3-c2ccc(-c3cccc4oc5ccccc5c34)cc2-c2nc(-c3ccccc3)nc(-c3ccccc3)n2)cc1. The summed E-state index contributed by atoms with van der Waals surface area (Å²) >= 11 is 0. The standard InChI is InChI=1S/C51H32N4O/c1-4-15-33(16-5-1)36-27-29-44-41(31-36)39-21-10-12-24-43(39)55(44)45-30-28-37(38-23-14-26-47-48(38)40-22-11-13-25-46(40)56-47)32-42(45)51-53-49(34-17-6-2-7-18-34)52-50(54-51)35-19-8-3-9-20-35/h1-32H. The van der Waals surface area contributed by atoms with Gasteiger partial charge >= 0.3 is 0 Å². The van der Waals surface area contributed by atoms with Gasteiger partial charge in [0.1, 0.15) is 11.2 Å². The van der Waals surface area contributed by atoms with Crippen LogP contribution >= 0.6 is 0 Å². The molecule has 262 valence electrons. The smallest absolute Gasteiger partial charge is 0.166 e. The van der Waals surface area contributed by atoms with Crippen LogP contribution in [0.2, 0.25) is 0 Å². The lowest BCUT2D eigenvalue weighted by molar-refractivity contribution is 0.669. The molecule has 3 heterocycles. The van der Waals surface area contributed by atoms with Crippen molar-refractivity contribution in [1.29, 1.82) is 0 Å². The van der Waals surface area contributed by atoms with E-state index in [0.29, 0.717) is 17.5 Å². The number of hydrogen-bond donors (Lipinski definition) is 0. The first-order chi connectivity index (χ1) is 27.8. The molecule has 0 radical (unpaired) electrons. The Morgan fingerprint density at radius 3 is 1.64 bits per heavy atom. The lowest BCUT2D eigenvalue weighted by atomic mass is 9.96. The van der Waals surface area contributed by atoms with Crippen molar-refractivity contribution in [2.45, 2.75) is 0 Å². The largest absolute Gasteiger partial charge is 0.456 e. The van der Waals surface area contributed by atoms with Crippen LogP contribution in [0.1, 0.15) is 0 Å². The van der Waals surface area contributed by atoms with Crippen molar-refractivity contribution in [1.82, 2.24) is 19.5 Å². The average molecular weight is 717 g/mol. The predicted molar refractivity (Wildman–Crippen MR) is 229 cm³/mol. The Morgan fingerprint density at radius 2 is 0.911 bits per heavy atom. The summed E-state index contributed by atoms with van der Waals surface area (Å²) in [5, 5.41) is 4.52. The fourth-order valence-electron chi connectivity index (χ4n) is 8.06. The van der Waals surface area contributed by atoms with Crippen molar-refractivity contribution in [2.24, 2.45) is 0 Å². The van der Waals surface area contributed by atoms with Crippen molar-refractivity contribution in [3.05, 3.63) is 194 Å². The molecule has 5 heteroatoms. The number of fused-ring (bicyclic) bond motifs is 6. The Kier molecular flexibility index (Phi) is 7.42. The van der Waals surface area contributed by atoms with Crippen molar-refractivity contribution >= 4 is 43.7 Å². The molecule has 8 aromatic carbocycles. The van der Waals surface area contributed by atoms with Crippen molar-refractivity contribution < 1.29 is 4.42 Å². The van der Waals surface area contributed by atoms with E-state index < -0.39 is 0 Å². The molecule has 3 aromatic heterocycles. The van der Waals surface area contributed by atoms with Crippen LogP contribution in [0.4, 0.5) is 0 Å². The van der Waals surface area contributed by atoms with Crippen LogP contribution in [0.25, 0.3) is 106 Å². The van der Waals surface area contributed by atoms with Crippen LogP contribution in [0, 0.1) is 0 Å². The van der Waals surface area contributed by atoms with E-state index in [1.807, 2.05) is 78.9 Å². The van der Waals surface area contributed by atoms with E-state index in [2.05, 4.69) is 120 Å². The van der Waals surface area contributed by atoms with E-state index in [-0.39, 0.29) is 0 Å². The molecule has 0 amide bonds. The number of nitrogens with zero attached hydrogens (tertiary/aromatic N) is 4. The fraction of sp³-hybridized carbons (Fsp3) is 0. The molecule has 11 aromatic rings. The van der Waals surface area contributed by atoms with Gasteiger partial charge in [0.15, 0.2) is 17.5 Å². The van der Waals surface area contributed by atoms with Gasteiger partial charge in [-0.05, 0) is 64.7 Å². The van der Waals surface area contributed by atoms with Crippen LogP contribution in [0.3, 0.4) is 0 Å². The van der Waals surface area contributed by atoms with E-state index in [1.54, 1.807) is 0 Å². The van der Waals surface area contributed by atoms with Crippen LogP contribution < -0.4 is 0 Å². The number of furan rings is 1. The molecule has 0 bridgehead atoms. The summed E-state index contributed by atoms with van der Waals surface area (Å²) in [6, 6.07) is 67.5. The highest BCUT2D eigenvalue weighted by atomic mass is 16.3. The van der Waals surface area contributed by atoms with Crippen LogP contribution in [-0.4, -0.2) is 19.5 Å².